The molecule has 3 rings (SSSR count). The molecule has 0 spiro atoms. The molecule has 2 N–H and O–H groups in total. The lowest BCUT2D eigenvalue weighted by Crippen LogP contribution is -2.60. The Hall–Kier alpha value is -3.86. The van der Waals surface area contributed by atoms with Gasteiger partial charge in [0.1, 0.15) is 12.6 Å². The van der Waals surface area contributed by atoms with Crippen LogP contribution in [0, 0.1) is 0 Å². The van der Waals surface area contributed by atoms with E-state index < -0.39 is 17.9 Å². The highest BCUT2D eigenvalue weighted by atomic mass is 32.1. The van der Waals surface area contributed by atoms with E-state index in [1.807, 2.05) is 30.3 Å². The van der Waals surface area contributed by atoms with Crippen LogP contribution in [0.25, 0.3) is 0 Å². The number of carbonyl (C=O) groups excluding carboxylic acids is 3. The van der Waals surface area contributed by atoms with Gasteiger partial charge in [-0.25, -0.2) is 0 Å². The molecule has 1 aliphatic rings. The fourth-order valence-corrected chi connectivity index (χ4v) is 3.88. The van der Waals surface area contributed by atoms with Crippen molar-refractivity contribution in [2.45, 2.75) is 19.1 Å². The van der Waals surface area contributed by atoms with E-state index in [1.54, 1.807) is 0 Å². The normalized spacial score (nSPS) is 15.0. The smallest absolute Gasteiger partial charge is 0.308 e. The monoisotopic (exact) mass is 501 g/mol. The number of carbonyl (C=O) groups is 3. The van der Waals surface area contributed by atoms with E-state index in [-0.39, 0.29) is 29.6 Å². The maximum Gasteiger partial charge on any atom is 0.308 e. The first-order valence-electron chi connectivity index (χ1n) is 10.8. The molecular formula is C24H27N3O7S. The zero-order valence-electron chi connectivity index (χ0n) is 19.7. The number of ether oxygens (including phenoxy) is 4. The summed E-state index contributed by atoms with van der Waals surface area (Å²) in [6, 6.07) is 11.3. The van der Waals surface area contributed by atoms with E-state index in [0.717, 1.165) is 5.56 Å². The van der Waals surface area contributed by atoms with Gasteiger partial charge < -0.3 is 29.2 Å². The second kappa shape index (κ2) is 12.0. The fourth-order valence-electron chi connectivity index (χ4n) is 3.57. The van der Waals surface area contributed by atoms with Crippen LogP contribution in [0.1, 0.15) is 22.3 Å². The van der Waals surface area contributed by atoms with Crippen molar-refractivity contribution in [1.29, 1.82) is 0 Å². The minimum Gasteiger partial charge on any atom is -0.493 e. The van der Waals surface area contributed by atoms with Crippen LogP contribution >= 0.6 is 12.2 Å². The Kier molecular flexibility index (Phi) is 8.85. The van der Waals surface area contributed by atoms with Crippen LogP contribution in [0.5, 0.6) is 17.2 Å². The molecule has 1 fully saturated rings. The van der Waals surface area contributed by atoms with E-state index in [0.29, 0.717) is 30.3 Å². The molecule has 0 aliphatic carbocycles. The van der Waals surface area contributed by atoms with Crippen LogP contribution in [0.3, 0.4) is 0 Å². The molecule has 0 bridgehead atoms. The third-order valence-electron chi connectivity index (χ3n) is 5.34. The number of hydrogen-bond acceptors (Lipinski definition) is 8. The van der Waals surface area contributed by atoms with Gasteiger partial charge in [0.2, 0.25) is 11.7 Å². The summed E-state index contributed by atoms with van der Waals surface area (Å²) in [4.78, 5) is 39.4. The minimum atomic E-state index is -0.917. The Morgan fingerprint density at radius 2 is 1.74 bits per heavy atom. The fraction of sp³-hybridized carbons (Fsp3) is 0.333. The molecule has 0 aromatic heterocycles. The first-order valence-corrected chi connectivity index (χ1v) is 11.2. The number of thiocarbonyl (C=S) groups is 1. The number of esters is 1. The molecule has 10 nitrogen and oxygen atoms in total. The lowest BCUT2D eigenvalue weighted by Gasteiger charge is -2.36. The van der Waals surface area contributed by atoms with Gasteiger partial charge in [-0.05, 0) is 29.9 Å². The maximum absolute atomic E-state index is 12.9. The van der Waals surface area contributed by atoms with Crippen molar-refractivity contribution in [3.63, 3.8) is 0 Å². The first-order chi connectivity index (χ1) is 16.9. The van der Waals surface area contributed by atoms with Crippen LogP contribution in [0.2, 0.25) is 0 Å². The van der Waals surface area contributed by atoms with Gasteiger partial charge in [-0.15, -0.1) is 0 Å². The largest absolute Gasteiger partial charge is 0.493 e. The van der Waals surface area contributed by atoms with Crippen molar-refractivity contribution in [3.05, 3.63) is 53.6 Å². The van der Waals surface area contributed by atoms with Crippen molar-refractivity contribution in [2.75, 3.05) is 34.4 Å². The predicted molar refractivity (Wildman–Crippen MR) is 131 cm³/mol. The third kappa shape index (κ3) is 6.38. The molecule has 2 amide bonds. The van der Waals surface area contributed by atoms with E-state index in [4.69, 9.17) is 31.2 Å². The highest BCUT2D eigenvalue weighted by Gasteiger charge is 2.34. The van der Waals surface area contributed by atoms with Gasteiger partial charge in [-0.3, -0.25) is 19.7 Å². The summed E-state index contributed by atoms with van der Waals surface area (Å²) in [6.07, 6.45) is -0.223. The summed E-state index contributed by atoms with van der Waals surface area (Å²) in [5.74, 6) is -0.517. The van der Waals surface area contributed by atoms with Crippen LogP contribution in [-0.4, -0.2) is 68.3 Å². The zero-order valence-corrected chi connectivity index (χ0v) is 20.5. The number of methoxy groups -OCH3 is 3. The lowest BCUT2D eigenvalue weighted by atomic mass is 10.1. The van der Waals surface area contributed by atoms with Gasteiger partial charge in [0.15, 0.2) is 16.6 Å². The Morgan fingerprint density at radius 3 is 2.34 bits per heavy atom. The number of hydrogen-bond donors (Lipinski definition) is 2. The summed E-state index contributed by atoms with van der Waals surface area (Å²) in [6.45, 7) is 0.724. The maximum atomic E-state index is 12.9. The predicted octanol–water partition coefficient (Wildman–Crippen LogP) is 1.66. The molecule has 11 heteroatoms. The van der Waals surface area contributed by atoms with Crippen LogP contribution in [0.4, 0.5) is 0 Å². The number of benzene rings is 2. The Labute approximate surface area is 208 Å². The standard InChI is InChI=1S/C24H27N3O7S/c1-31-18-11-16(12-19(32-2)21(18)33-3)22(29)26-24(35)27-10-9-25-23(30)17(27)13-20(28)34-14-15-7-5-4-6-8-15/h4-8,11-12,17H,9-10,13-14H2,1-3H3,(H,25,30)(H,26,29,35)/t17-/m0/s1. The van der Waals surface area contributed by atoms with E-state index in [1.165, 1.54) is 38.4 Å². The molecule has 1 atom stereocenters. The van der Waals surface area contributed by atoms with E-state index in [9.17, 15) is 14.4 Å². The summed E-state index contributed by atoms with van der Waals surface area (Å²) in [5.41, 5.74) is 1.04. The van der Waals surface area contributed by atoms with Gasteiger partial charge >= 0.3 is 5.97 Å². The lowest BCUT2D eigenvalue weighted by molar-refractivity contribution is -0.148. The molecular weight excluding hydrogens is 474 g/mol. The van der Waals surface area contributed by atoms with Crippen molar-refractivity contribution in [1.82, 2.24) is 15.5 Å². The van der Waals surface area contributed by atoms with Crippen LogP contribution in [0.15, 0.2) is 42.5 Å². The van der Waals surface area contributed by atoms with Crippen molar-refractivity contribution in [2.24, 2.45) is 0 Å². The molecule has 0 unspecified atom stereocenters. The van der Waals surface area contributed by atoms with Gasteiger partial charge in [0, 0.05) is 18.7 Å². The quantitative estimate of drug-likeness (QED) is 0.412. The van der Waals surface area contributed by atoms with Crippen LogP contribution in [-0.2, 0) is 20.9 Å². The van der Waals surface area contributed by atoms with Gasteiger partial charge in [0.05, 0.1) is 27.8 Å². The number of rotatable bonds is 8. The summed E-state index contributed by atoms with van der Waals surface area (Å²) in [7, 11) is 4.34. The SMILES string of the molecule is COc1cc(C(=O)NC(=S)N2CCNC(=O)[C@@H]2CC(=O)OCc2ccccc2)cc(OC)c1OC. The van der Waals surface area contributed by atoms with Gasteiger partial charge in [-0.1, -0.05) is 30.3 Å². The Balaban J connectivity index is 1.69. The number of piperazine rings is 1. The molecule has 0 radical (unpaired) electrons. The number of nitrogens with one attached hydrogen (secondary N) is 2. The highest BCUT2D eigenvalue weighted by molar-refractivity contribution is 7.80. The summed E-state index contributed by atoms with van der Waals surface area (Å²) < 4.78 is 21.2. The number of amides is 2. The molecule has 2 aromatic rings. The van der Waals surface area contributed by atoms with Crippen LogP contribution < -0.4 is 24.8 Å². The Bertz CT molecular complexity index is 1070. The van der Waals surface area contributed by atoms with Crippen molar-refractivity contribution >= 4 is 35.1 Å². The molecule has 35 heavy (non-hydrogen) atoms. The molecule has 186 valence electrons. The minimum absolute atomic E-state index is 0.0134. The topological polar surface area (TPSA) is 115 Å². The van der Waals surface area contributed by atoms with E-state index >= 15 is 0 Å². The van der Waals surface area contributed by atoms with E-state index in [2.05, 4.69) is 10.6 Å². The van der Waals surface area contributed by atoms with Crippen molar-refractivity contribution in [3.8, 4) is 17.2 Å². The zero-order chi connectivity index (χ0) is 25.4. The molecule has 1 heterocycles. The Morgan fingerprint density at radius 1 is 1.09 bits per heavy atom. The summed E-state index contributed by atoms with van der Waals surface area (Å²) >= 11 is 5.42. The average molecular weight is 502 g/mol. The summed E-state index contributed by atoms with van der Waals surface area (Å²) in [5, 5.41) is 5.35. The second-order valence-electron chi connectivity index (χ2n) is 7.52. The molecule has 1 saturated heterocycles. The van der Waals surface area contributed by atoms with Gasteiger partial charge in [-0.2, -0.15) is 0 Å². The molecule has 2 aromatic carbocycles. The van der Waals surface area contributed by atoms with Gasteiger partial charge in [0.25, 0.3) is 5.91 Å². The molecule has 0 saturated carbocycles. The third-order valence-corrected chi connectivity index (χ3v) is 5.68. The van der Waals surface area contributed by atoms with Crippen molar-refractivity contribution < 1.29 is 33.3 Å². The average Bonchev–Trinajstić information content (AvgIpc) is 2.88. The molecule has 1 aliphatic heterocycles. The highest BCUT2D eigenvalue weighted by Crippen LogP contribution is 2.38. The first kappa shape index (κ1) is 25.8. The second-order valence-corrected chi connectivity index (χ2v) is 7.91. The number of nitrogens with zero attached hydrogens (tertiary/aromatic N) is 1.